The van der Waals surface area contributed by atoms with Gasteiger partial charge in [-0.05, 0) is 84.3 Å². The van der Waals surface area contributed by atoms with Crippen molar-refractivity contribution in [3.05, 3.63) is 92.8 Å². The van der Waals surface area contributed by atoms with Gasteiger partial charge in [0.1, 0.15) is 5.75 Å². The fourth-order valence-electron chi connectivity index (χ4n) is 3.62. The van der Waals surface area contributed by atoms with Gasteiger partial charge in [-0.25, -0.2) is 9.79 Å². The van der Waals surface area contributed by atoms with Gasteiger partial charge in [-0.1, -0.05) is 54.0 Å². The second kappa shape index (κ2) is 11.6. The number of anilines is 1. The van der Waals surface area contributed by atoms with E-state index in [9.17, 15) is 9.59 Å². The van der Waals surface area contributed by atoms with Gasteiger partial charge < -0.3 is 9.84 Å². The summed E-state index contributed by atoms with van der Waals surface area (Å²) in [6.45, 7) is 3.71. The van der Waals surface area contributed by atoms with Crippen LogP contribution in [0.2, 0.25) is 0 Å². The molecule has 3 aromatic rings. The average Bonchev–Trinajstić information content (AvgIpc) is 3.18. The molecule has 4 rings (SSSR count). The SMILES string of the molecule is CCc1ccc(N=C2S/C(=C\c3cc(Br)ccc3OCC(=O)O)C(=O)N2c2ccc(CC)cc2)cc1. The monoisotopic (exact) mass is 564 g/mol. The zero-order valence-corrected chi connectivity index (χ0v) is 22.3. The average molecular weight is 565 g/mol. The Labute approximate surface area is 222 Å². The molecule has 0 aliphatic carbocycles. The van der Waals surface area contributed by atoms with Crippen molar-refractivity contribution in [3.63, 3.8) is 0 Å². The van der Waals surface area contributed by atoms with E-state index in [4.69, 9.17) is 14.8 Å². The standard InChI is InChI=1S/C28H25BrN2O4S/c1-3-18-5-10-22(11-6-18)30-28-31(23-12-7-19(4-2)8-13-23)27(34)25(36-28)16-20-15-21(29)9-14-24(20)35-17-26(32)33/h5-16H,3-4,17H2,1-2H3,(H,32,33)/b25-16-,30-28?. The molecule has 1 N–H and O–H groups in total. The first-order valence-electron chi connectivity index (χ1n) is 11.5. The molecule has 184 valence electrons. The Bertz CT molecular complexity index is 1330. The van der Waals surface area contributed by atoms with Gasteiger partial charge in [0.15, 0.2) is 11.8 Å². The first-order chi connectivity index (χ1) is 17.4. The number of nitrogens with zero attached hydrogens (tertiary/aromatic N) is 2. The van der Waals surface area contributed by atoms with Gasteiger partial charge in [-0.2, -0.15) is 0 Å². The maximum Gasteiger partial charge on any atom is 0.341 e. The van der Waals surface area contributed by atoms with Crippen LogP contribution >= 0.6 is 27.7 Å². The van der Waals surface area contributed by atoms with Gasteiger partial charge >= 0.3 is 5.97 Å². The second-order valence-electron chi connectivity index (χ2n) is 8.05. The molecule has 36 heavy (non-hydrogen) atoms. The number of amides is 1. The number of carboxylic acid groups (broad SMARTS) is 1. The quantitative estimate of drug-likeness (QED) is 0.303. The van der Waals surface area contributed by atoms with Crippen LogP contribution < -0.4 is 9.64 Å². The predicted molar refractivity (Wildman–Crippen MR) is 149 cm³/mol. The first-order valence-corrected chi connectivity index (χ1v) is 13.1. The number of aliphatic imine (C=N–C) groups is 1. The summed E-state index contributed by atoms with van der Waals surface area (Å²) < 4.78 is 6.23. The molecule has 1 aliphatic heterocycles. The summed E-state index contributed by atoms with van der Waals surface area (Å²) in [5.74, 6) is -0.911. The summed E-state index contributed by atoms with van der Waals surface area (Å²) in [6, 6.07) is 21.1. The van der Waals surface area contributed by atoms with E-state index in [1.807, 2.05) is 48.5 Å². The lowest BCUT2D eigenvalue weighted by Crippen LogP contribution is -2.28. The predicted octanol–water partition coefficient (Wildman–Crippen LogP) is 6.85. The van der Waals surface area contributed by atoms with E-state index in [0.29, 0.717) is 21.4 Å². The fraction of sp³-hybridized carbons (Fsp3) is 0.179. The zero-order chi connectivity index (χ0) is 25.7. The summed E-state index contributed by atoms with van der Waals surface area (Å²) in [5.41, 5.74) is 4.47. The van der Waals surface area contributed by atoms with E-state index in [1.54, 1.807) is 29.2 Å². The van der Waals surface area contributed by atoms with Gasteiger partial charge in [0.05, 0.1) is 16.3 Å². The Hall–Kier alpha value is -3.36. The van der Waals surface area contributed by atoms with Crippen LogP contribution in [0.25, 0.3) is 6.08 Å². The maximum absolute atomic E-state index is 13.6. The smallest absolute Gasteiger partial charge is 0.341 e. The Morgan fingerprint density at radius 2 is 1.67 bits per heavy atom. The molecular formula is C28H25BrN2O4S. The lowest BCUT2D eigenvalue weighted by molar-refractivity contribution is -0.139. The number of carbonyl (C=O) groups is 2. The number of halogens is 1. The number of thioether (sulfide) groups is 1. The van der Waals surface area contributed by atoms with Crippen molar-refractivity contribution in [2.45, 2.75) is 26.7 Å². The molecule has 0 unspecified atom stereocenters. The third-order valence-corrected chi connectivity index (χ3v) is 7.05. The fourth-order valence-corrected chi connectivity index (χ4v) is 4.99. The number of hydrogen-bond donors (Lipinski definition) is 1. The highest BCUT2D eigenvalue weighted by atomic mass is 79.9. The Balaban J connectivity index is 1.75. The molecule has 1 saturated heterocycles. The molecule has 1 fully saturated rings. The minimum absolute atomic E-state index is 0.211. The molecule has 3 aromatic carbocycles. The van der Waals surface area contributed by atoms with E-state index >= 15 is 0 Å². The van der Waals surface area contributed by atoms with Crippen LogP contribution in [0.1, 0.15) is 30.5 Å². The molecule has 0 aromatic heterocycles. The Morgan fingerprint density at radius 1 is 1.03 bits per heavy atom. The van der Waals surface area contributed by atoms with Crippen LogP contribution in [0.3, 0.4) is 0 Å². The van der Waals surface area contributed by atoms with Crippen LogP contribution in [-0.2, 0) is 22.4 Å². The van der Waals surface area contributed by atoms with Gasteiger partial charge in [0.25, 0.3) is 5.91 Å². The number of aliphatic carboxylic acids is 1. The van der Waals surface area contributed by atoms with Crippen molar-refractivity contribution in [1.82, 2.24) is 0 Å². The van der Waals surface area contributed by atoms with Crippen molar-refractivity contribution < 1.29 is 19.4 Å². The number of aryl methyl sites for hydroxylation is 2. The number of ether oxygens (including phenoxy) is 1. The molecular weight excluding hydrogens is 540 g/mol. The van der Waals surface area contributed by atoms with Crippen LogP contribution in [0.15, 0.2) is 81.1 Å². The molecule has 0 saturated carbocycles. The van der Waals surface area contributed by atoms with Crippen molar-refractivity contribution in [2.24, 2.45) is 4.99 Å². The molecule has 1 aliphatic rings. The largest absolute Gasteiger partial charge is 0.481 e. The molecule has 8 heteroatoms. The number of amidine groups is 1. The third kappa shape index (κ3) is 6.06. The number of carbonyl (C=O) groups excluding carboxylic acids is 1. The van der Waals surface area contributed by atoms with Crippen LogP contribution in [0.5, 0.6) is 5.75 Å². The van der Waals surface area contributed by atoms with Crippen LogP contribution in [0.4, 0.5) is 11.4 Å². The van der Waals surface area contributed by atoms with Gasteiger partial charge in [-0.3, -0.25) is 9.69 Å². The highest BCUT2D eigenvalue weighted by molar-refractivity contribution is 9.10. The lowest BCUT2D eigenvalue weighted by Gasteiger charge is -2.16. The van der Waals surface area contributed by atoms with E-state index < -0.39 is 12.6 Å². The first kappa shape index (κ1) is 25.7. The Morgan fingerprint density at radius 3 is 2.28 bits per heavy atom. The molecule has 0 spiro atoms. The number of hydrogen-bond acceptors (Lipinski definition) is 5. The Kier molecular flexibility index (Phi) is 8.28. The summed E-state index contributed by atoms with van der Waals surface area (Å²) in [4.78, 5) is 31.5. The summed E-state index contributed by atoms with van der Waals surface area (Å²) in [7, 11) is 0. The zero-order valence-electron chi connectivity index (χ0n) is 19.9. The maximum atomic E-state index is 13.6. The second-order valence-corrected chi connectivity index (χ2v) is 9.97. The minimum atomic E-state index is -1.08. The number of benzene rings is 3. The van der Waals surface area contributed by atoms with E-state index in [0.717, 1.165) is 28.7 Å². The van der Waals surface area contributed by atoms with Gasteiger partial charge in [0.2, 0.25) is 0 Å². The lowest BCUT2D eigenvalue weighted by atomic mass is 10.1. The van der Waals surface area contributed by atoms with Crippen molar-refractivity contribution >= 4 is 62.2 Å². The molecule has 6 nitrogen and oxygen atoms in total. The normalized spacial score (nSPS) is 15.6. The van der Waals surface area contributed by atoms with Crippen molar-refractivity contribution in [1.29, 1.82) is 0 Å². The molecule has 0 bridgehead atoms. The number of rotatable bonds is 8. The third-order valence-electron chi connectivity index (χ3n) is 5.59. The molecule has 1 heterocycles. The highest BCUT2D eigenvalue weighted by Gasteiger charge is 2.35. The number of carboxylic acids is 1. The van der Waals surface area contributed by atoms with E-state index in [2.05, 4.69) is 29.8 Å². The summed E-state index contributed by atoms with van der Waals surface area (Å²) in [6.07, 6.45) is 3.55. The van der Waals surface area contributed by atoms with Gasteiger partial charge in [-0.15, -0.1) is 0 Å². The molecule has 0 radical (unpaired) electrons. The van der Waals surface area contributed by atoms with Crippen molar-refractivity contribution in [3.8, 4) is 5.75 Å². The molecule has 1 amide bonds. The van der Waals surface area contributed by atoms with Gasteiger partial charge in [0, 0.05) is 10.0 Å². The van der Waals surface area contributed by atoms with Crippen molar-refractivity contribution in [2.75, 3.05) is 11.5 Å². The van der Waals surface area contributed by atoms with Crippen LogP contribution in [0, 0.1) is 0 Å². The minimum Gasteiger partial charge on any atom is -0.481 e. The van der Waals surface area contributed by atoms with Crippen LogP contribution in [-0.4, -0.2) is 28.8 Å². The summed E-state index contributed by atoms with van der Waals surface area (Å²) in [5, 5.41) is 9.57. The topological polar surface area (TPSA) is 79.2 Å². The molecule has 0 atom stereocenters. The van der Waals surface area contributed by atoms with E-state index in [-0.39, 0.29) is 5.91 Å². The summed E-state index contributed by atoms with van der Waals surface area (Å²) >= 11 is 4.71. The van der Waals surface area contributed by atoms with E-state index in [1.165, 1.54) is 22.9 Å². The highest BCUT2D eigenvalue weighted by Crippen LogP contribution is 2.39.